The lowest BCUT2D eigenvalue weighted by atomic mass is 10.1. The van der Waals surface area contributed by atoms with Gasteiger partial charge in [0, 0.05) is 23.2 Å². The second-order valence-corrected chi connectivity index (χ2v) is 6.33. The largest absolute Gasteiger partial charge is 0.399 e. The number of anilines is 2. The lowest BCUT2D eigenvalue weighted by Gasteiger charge is -2.31. The van der Waals surface area contributed by atoms with Gasteiger partial charge in [0.2, 0.25) is 5.91 Å². The van der Waals surface area contributed by atoms with Crippen molar-refractivity contribution in [3.05, 3.63) is 23.8 Å². The number of carbonyl (C=O) groups excluding carboxylic acids is 1. The Morgan fingerprint density at radius 2 is 2.14 bits per heavy atom. The molecule has 3 N–H and O–H groups in total. The van der Waals surface area contributed by atoms with E-state index in [4.69, 9.17) is 5.73 Å². The molecule has 2 unspecified atom stereocenters. The minimum Gasteiger partial charge on any atom is -0.399 e. The SMILES string of the molecule is CCC(CSC)N(C)C(C)C(=O)Nc1ccc(N)cc1C. The summed E-state index contributed by atoms with van der Waals surface area (Å²) < 4.78 is 0. The summed E-state index contributed by atoms with van der Waals surface area (Å²) in [6.45, 7) is 6.06. The van der Waals surface area contributed by atoms with Crippen molar-refractivity contribution in [2.45, 2.75) is 39.3 Å². The number of hydrogen-bond donors (Lipinski definition) is 2. The average Bonchev–Trinajstić information content (AvgIpc) is 2.46. The van der Waals surface area contributed by atoms with Crippen LogP contribution in [0.25, 0.3) is 0 Å². The zero-order valence-corrected chi connectivity index (χ0v) is 14.5. The second kappa shape index (κ2) is 8.29. The van der Waals surface area contributed by atoms with Gasteiger partial charge in [0.15, 0.2) is 0 Å². The number of nitrogen functional groups attached to an aromatic ring is 1. The zero-order chi connectivity index (χ0) is 16.0. The van der Waals surface area contributed by atoms with E-state index in [-0.39, 0.29) is 11.9 Å². The first-order valence-electron chi connectivity index (χ1n) is 7.28. The number of likely N-dealkylation sites (N-methyl/N-ethyl adjacent to an activating group) is 1. The Morgan fingerprint density at radius 3 is 2.67 bits per heavy atom. The van der Waals surface area contributed by atoms with E-state index >= 15 is 0 Å². The number of aryl methyl sites for hydroxylation is 1. The van der Waals surface area contributed by atoms with Gasteiger partial charge in [-0.15, -0.1) is 0 Å². The summed E-state index contributed by atoms with van der Waals surface area (Å²) in [7, 11) is 2.02. The monoisotopic (exact) mass is 309 g/mol. The van der Waals surface area contributed by atoms with Crippen LogP contribution >= 0.6 is 11.8 Å². The first-order valence-corrected chi connectivity index (χ1v) is 8.67. The molecule has 1 rings (SSSR count). The molecular weight excluding hydrogens is 282 g/mol. The molecule has 0 heterocycles. The van der Waals surface area contributed by atoms with Crippen molar-refractivity contribution in [2.24, 2.45) is 0 Å². The number of nitrogens with zero attached hydrogens (tertiary/aromatic N) is 1. The van der Waals surface area contributed by atoms with Crippen molar-refractivity contribution in [1.29, 1.82) is 0 Å². The molecular formula is C16H27N3OS. The molecule has 1 aromatic carbocycles. The Balaban J connectivity index is 2.73. The van der Waals surface area contributed by atoms with Gasteiger partial charge in [-0.05, 0) is 57.3 Å². The predicted octanol–water partition coefficient (Wildman–Crippen LogP) is 2.98. The van der Waals surface area contributed by atoms with Crippen LogP contribution in [-0.4, -0.2) is 41.9 Å². The highest BCUT2D eigenvalue weighted by Crippen LogP contribution is 2.19. The van der Waals surface area contributed by atoms with Crippen molar-refractivity contribution in [2.75, 3.05) is 30.1 Å². The number of benzene rings is 1. The van der Waals surface area contributed by atoms with Crippen LogP contribution in [0.2, 0.25) is 0 Å². The van der Waals surface area contributed by atoms with Crippen LogP contribution in [0.4, 0.5) is 11.4 Å². The first kappa shape index (κ1) is 17.9. The summed E-state index contributed by atoms with van der Waals surface area (Å²) in [5.41, 5.74) is 8.25. The third-order valence-corrected chi connectivity index (χ3v) is 4.62. The van der Waals surface area contributed by atoms with E-state index in [1.165, 1.54) is 0 Å². The van der Waals surface area contributed by atoms with E-state index in [9.17, 15) is 4.79 Å². The maximum absolute atomic E-state index is 12.4. The Kier molecular flexibility index (Phi) is 7.05. The highest BCUT2D eigenvalue weighted by Gasteiger charge is 2.23. The van der Waals surface area contributed by atoms with Crippen LogP contribution in [0.1, 0.15) is 25.8 Å². The molecule has 4 nitrogen and oxygen atoms in total. The smallest absolute Gasteiger partial charge is 0.241 e. The van der Waals surface area contributed by atoms with Crippen LogP contribution in [0.15, 0.2) is 18.2 Å². The van der Waals surface area contributed by atoms with Crippen LogP contribution in [0.5, 0.6) is 0 Å². The van der Waals surface area contributed by atoms with E-state index in [2.05, 4.69) is 23.4 Å². The number of amides is 1. The summed E-state index contributed by atoms with van der Waals surface area (Å²) in [5.74, 6) is 1.05. The summed E-state index contributed by atoms with van der Waals surface area (Å²) in [5, 5.41) is 3.00. The van der Waals surface area contributed by atoms with Crippen LogP contribution in [0, 0.1) is 6.92 Å². The molecule has 0 aromatic heterocycles. The zero-order valence-electron chi connectivity index (χ0n) is 13.6. The van der Waals surface area contributed by atoms with Gasteiger partial charge in [0.1, 0.15) is 0 Å². The Morgan fingerprint density at radius 1 is 1.48 bits per heavy atom. The molecule has 0 saturated carbocycles. The van der Waals surface area contributed by atoms with Crippen molar-refractivity contribution < 1.29 is 4.79 Å². The predicted molar refractivity (Wildman–Crippen MR) is 93.9 cm³/mol. The maximum Gasteiger partial charge on any atom is 0.241 e. The van der Waals surface area contributed by atoms with Gasteiger partial charge >= 0.3 is 0 Å². The fraction of sp³-hybridized carbons (Fsp3) is 0.562. The van der Waals surface area contributed by atoms with Crippen LogP contribution in [0.3, 0.4) is 0 Å². The average molecular weight is 309 g/mol. The molecule has 1 amide bonds. The molecule has 0 radical (unpaired) electrons. The Labute approximate surface area is 132 Å². The molecule has 21 heavy (non-hydrogen) atoms. The van der Waals surface area contributed by atoms with Crippen molar-refractivity contribution in [3.63, 3.8) is 0 Å². The Hall–Kier alpha value is -1.20. The number of nitrogens with one attached hydrogen (secondary N) is 1. The third kappa shape index (κ3) is 4.93. The summed E-state index contributed by atoms with van der Waals surface area (Å²) >= 11 is 1.81. The fourth-order valence-electron chi connectivity index (χ4n) is 2.28. The van der Waals surface area contributed by atoms with Crippen molar-refractivity contribution in [3.8, 4) is 0 Å². The number of thioether (sulfide) groups is 1. The van der Waals surface area contributed by atoms with Gasteiger partial charge in [-0.25, -0.2) is 0 Å². The molecule has 0 aliphatic rings. The maximum atomic E-state index is 12.4. The van der Waals surface area contributed by atoms with Gasteiger partial charge in [-0.1, -0.05) is 6.92 Å². The van der Waals surface area contributed by atoms with Gasteiger partial charge in [0.05, 0.1) is 6.04 Å². The van der Waals surface area contributed by atoms with Crippen molar-refractivity contribution >= 4 is 29.0 Å². The molecule has 5 heteroatoms. The standard InChI is InChI=1S/C16H27N3OS/c1-6-14(10-21-5)19(4)12(3)16(20)18-15-8-7-13(17)9-11(15)2/h7-9,12,14H,6,10,17H2,1-5H3,(H,18,20). The Bertz CT molecular complexity index is 479. The van der Waals surface area contributed by atoms with E-state index < -0.39 is 0 Å². The van der Waals surface area contributed by atoms with Gasteiger partial charge in [0.25, 0.3) is 0 Å². The van der Waals surface area contributed by atoms with Crippen LogP contribution < -0.4 is 11.1 Å². The quantitative estimate of drug-likeness (QED) is 0.760. The molecule has 118 valence electrons. The lowest BCUT2D eigenvalue weighted by Crippen LogP contribution is -2.46. The number of carbonyl (C=O) groups is 1. The first-order chi connectivity index (χ1) is 9.90. The molecule has 0 fully saturated rings. The molecule has 0 saturated heterocycles. The van der Waals surface area contributed by atoms with E-state index in [1.807, 2.05) is 44.8 Å². The molecule has 1 aromatic rings. The number of hydrogen-bond acceptors (Lipinski definition) is 4. The topological polar surface area (TPSA) is 58.4 Å². The highest BCUT2D eigenvalue weighted by atomic mass is 32.2. The molecule has 0 bridgehead atoms. The van der Waals surface area contributed by atoms with Gasteiger partial charge in [-0.2, -0.15) is 11.8 Å². The van der Waals surface area contributed by atoms with Gasteiger partial charge < -0.3 is 11.1 Å². The minimum absolute atomic E-state index is 0.0184. The van der Waals surface area contributed by atoms with Gasteiger partial charge in [-0.3, -0.25) is 9.69 Å². The third-order valence-electron chi connectivity index (χ3n) is 3.90. The molecule has 0 aliphatic heterocycles. The fourth-order valence-corrected chi connectivity index (χ4v) is 3.14. The normalized spacial score (nSPS) is 14.0. The molecule has 2 atom stereocenters. The van der Waals surface area contributed by atoms with E-state index in [0.717, 1.165) is 23.4 Å². The minimum atomic E-state index is -0.168. The number of rotatable bonds is 7. The van der Waals surface area contributed by atoms with Crippen LogP contribution in [-0.2, 0) is 4.79 Å². The van der Waals surface area contributed by atoms with E-state index in [0.29, 0.717) is 11.7 Å². The van der Waals surface area contributed by atoms with Crippen molar-refractivity contribution in [1.82, 2.24) is 4.90 Å². The van der Waals surface area contributed by atoms with E-state index in [1.54, 1.807) is 6.07 Å². The number of nitrogens with two attached hydrogens (primary N) is 1. The summed E-state index contributed by atoms with van der Waals surface area (Å²) in [4.78, 5) is 14.6. The molecule has 0 spiro atoms. The molecule has 0 aliphatic carbocycles. The summed E-state index contributed by atoms with van der Waals surface area (Å²) in [6.07, 6.45) is 3.13. The summed E-state index contributed by atoms with van der Waals surface area (Å²) in [6, 6.07) is 5.77. The highest BCUT2D eigenvalue weighted by molar-refractivity contribution is 7.98. The second-order valence-electron chi connectivity index (χ2n) is 5.42. The lowest BCUT2D eigenvalue weighted by molar-refractivity contribution is -0.120.